The van der Waals surface area contributed by atoms with E-state index in [1.807, 2.05) is 19.9 Å². The maximum atomic E-state index is 11.8. The monoisotopic (exact) mass is 235 g/mol. The zero-order valence-corrected chi connectivity index (χ0v) is 10.5. The number of aryl methyl sites for hydroxylation is 3. The zero-order chi connectivity index (χ0) is 12.3. The van der Waals surface area contributed by atoms with E-state index < -0.39 is 0 Å². The van der Waals surface area contributed by atoms with Gasteiger partial charge in [0, 0.05) is 0 Å². The van der Waals surface area contributed by atoms with E-state index in [-0.39, 0.29) is 5.97 Å². The van der Waals surface area contributed by atoms with Gasteiger partial charge in [-0.05, 0) is 32.3 Å². The Kier molecular flexibility index (Phi) is 3.77. The third kappa shape index (κ3) is 2.65. The van der Waals surface area contributed by atoms with Crippen molar-refractivity contribution in [2.45, 2.75) is 46.0 Å². The highest BCUT2D eigenvalue weighted by molar-refractivity contribution is 5.90. The van der Waals surface area contributed by atoms with Crippen molar-refractivity contribution in [3.63, 3.8) is 0 Å². The minimum absolute atomic E-state index is 0.277. The first-order chi connectivity index (χ1) is 8.22. The van der Waals surface area contributed by atoms with Crippen LogP contribution in [0.25, 0.3) is 0 Å². The Balaban J connectivity index is 2.35. The van der Waals surface area contributed by atoms with Crippen LogP contribution < -0.4 is 0 Å². The molecule has 0 aromatic carbocycles. The van der Waals surface area contributed by atoms with Crippen molar-refractivity contribution < 1.29 is 13.9 Å². The average molecular weight is 235 g/mol. The Morgan fingerprint density at radius 1 is 1.35 bits per heavy atom. The van der Waals surface area contributed by atoms with E-state index >= 15 is 0 Å². The highest BCUT2D eigenvalue weighted by Gasteiger charge is 2.26. The van der Waals surface area contributed by atoms with Gasteiger partial charge < -0.3 is 4.74 Å². The molecule has 1 heterocycles. The van der Waals surface area contributed by atoms with Crippen molar-refractivity contribution in [1.82, 2.24) is 0 Å². The summed E-state index contributed by atoms with van der Waals surface area (Å²) in [4.78, 5) is 11.8. The molecule has 0 fully saturated rings. The largest absolute Gasteiger partial charge is 0.462 e. The molecule has 17 heavy (non-hydrogen) atoms. The third-order valence-corrected chi connectivity index (χ3v) is 3.18. The fourth-order valence-electron chi connectivity index (χ4n) is 2.27. The van der Waals surface area contributed by atoms with E-state index in [0.717, 1.165) is 18.6 Å². The van der Waals surface area contributed by atoms with Gasteiger partial charge in [0.15, 0.2) is 5.56 Å². The van der Waals surface area contributed by atoms with Crippen LogP contribution in [0.5, 0.6) is 0 Å². The first kappa shape index (κ1) is 12.1. The van der Waals surface area contributed by atoms with E-state index in [4.69, 9.17) is 9.15 Å². The van der Waals surface area contributed by atoms with E-state index in [2.05, 4.69) is 0 Å². The van der Waals surface area contributed by atoms with E-state index in [0.29, 0.717) is 17.9 Å². The first-order valence-corrected chi connectivity index (χ1v) is 6.35. The third-order valence-electron chi connectivity index (χ3n) is 3.18. The van der Waals surface area contributed by atoms with Crippen molar-refractivity contribution in [2.75, 3.05) is 6.61 Å². The summed E-state index contributed by atoms with van der Waals surface area (Å²) in [5, 5.41) is 0. The van der Waals surface area contributed by atoms with E-state index in [1.54, 1.807) is 0 Å². The molecule has 0 saturated carbocycles. The number of carbonyl (C=O) groups is 1. The number of rotatable bonds is 2. The quantitative estimate of drug-likeness (QED) is 0.448. The predicted molar refractivity (Wildman–Crippen MR) is 65.1 cm³/mol. The Labute approximate surface area is 102 Å². The van der Waals surface area contributed by atoms with E-state index in [9.17, 15) is 4.79 Å². The molecule has 1 aliphatic carbocycles. The number of ether oxygens (including phenoxy) is 1. The van der Waals surface area contributed by atoms with Crippen molar-refractivity contribution in [3.8, 4) is 0 Å². The van der Waals surface area contributed by atoms with Crippen molar-refractivity contribution in [3.05, 3.63) is 28.7 Å². The molecule has 0 bridgehead atoms. The molecule has 0 spiro atoms. The second kappa shape index (κ2) is 5.30. The smallest absolute Gasteiger partial charge is 0.347 e. The topological polar surface area (TPSA) is 37.6 Å². The van der Waals surface area contributed by atoms with Crippen LogP contribution in [0, 0.1) is 6.92 Å². The van der Waals surface area contributed by atoms with Gasteiger partial charge in [0.2, 0.25) is 0 Å². The van der Waals surface area contributed by atoms with Crippen molar-refractivity contribution in [2.24, 2.45) is 0 Å². The van der Waals surface area contributed by atoms with Gasteiger partial charge in [-0.15, -0.1) is 0 Å². The van der Waals surface area contributed by atoms with Gasteiger partial charge >= 0.3 is 17.5 Å². The molecule has 0 radical (unpaired) electrons. The minimum atomic E-state index is -0.277. The highest BCUT2D eigenvalue weighted by atomic mass is 16.5. The summed E-state index contributed by atoms with van der Waals surface area (Å²) < 4.78 is 10.8. The summed E-state index contributed by atoms with van der Waals surface area (Å²) in [5.74, 6) is 1.44. The molecule has 0 atom stereocenters. The summed E-state index contributed by atoms with van der Waals surface area (Å²) in [5.41, 5.74) is 1.75. The molecule has 0 N–H and O–H groups in total. The number of fused-ring (bicyclic) bond motifs is 1. The molecule has 2 rings (SSSR count). The van der Waals surface area contributed by atoms with Gasteiger partial charge in [-0.3, -0.25) is 0 Å². The number of esters is 1. The van der Waals surface area contributed by atoms with Crippen LogP contribution >= 0.6 is 0 Å². The molecule has 0 unspecified atom stereocenters. The number of hydrogen-bond donors (Lipinski definition) is 0. The van der Waals surface area contributed by atoms with Crippen LogP contribution in [0.2, 0.25) is 0 Å². The van der Waals surface area contributed by atoms with Crippen LogP contribution in [-0.2, 0) is 17.6 Å². The Hall–Kier alpha value is -1.38. The Bertz CT molecular complexity index is 424. The maximum absolute atomic E-state index is 11.8. The molecule has 1 aromatic rings. The summed E-state index contributed by atoms with van der Waals surface area (Å²) in [6, 6.07) is 1.96. The number of hydrogen-bond acceptors (Lipinski definition) is 2. The summed E-state index contributed by atoms with van der Waals surface area (Å²) >= 11 is 0. The minimum Gasteiger partial charge on any atom is -0.462 e. The van der Waals surface area contributed by atoms with Gasteiger partial charge in [-0.2, -0.15) is 0 Å². The lowest BCUT2D eigenvalue weighted by Crippen LogP contribution is -2.08. The van der Waals surface area contributed by atoms with E-state index in [1.165, 1.54) is 24.8 Å². The summed E-state index contributed by atoms with van der Waals surface area (Å²) in [6.45, 7) is 4.04. The SMILES string of the molecule is CCOC(=O)c1cc2c([o+]c1C)CCCCC2. The van der Waals surface area contributed by atoms with Gasteiger partial charge in [0.25, 0.3) is 0 Å². The molecular formula is C14H19O3+. The van der Waals surface area contributed by atoms with Crippen LogP contribution in [-0.4, -0.2) is 12.6 Å². The molecule has 1 aliphatic rings. The molecule has 92 valence electrons. The normalized spacial score (nSPS) is 14.9. The molecule has 3 nitrogen and oxygen atoms in total. The molecular weight excluding hydrogens is 216 g/mol. The second-order valence-electron chi connectivity index (χ2n) is 4.45. The van der Waals surface area contributed by atoms with Crippen LogP contribution in [0.4, 0.5) is 0 Å². The average Bonchev–Trinajstić information content (AvgIpc) is 2.52. The van der Waals surface area contributed by atoms with Crippen LogP contribution in [0.15, 0.2) is 10.5 Å². The van der Waals surface area contributed by atoms with Crippen LogP contribution in [0.1, 0.15) is 53.6 Å². The fraction of sp³-hybridized carbons (Fsp3) is 0.571. The van der Waals surface area contributed by atoms with Gasteiger partial charge in [-0.25, -0.2) is 9.21 Å². The zero-order valence-electron chi connectivity index (χ0n) is 10.5. The highest BCUT2D eigenvalue weighted by Crippen LogP contribution is 2.24. The summed E-state index contributed by atoms with van der Waals surface area (Å²) in [6.07, 6.45) is 5.57. The first-order valence-electron chi connectivity index (χ1n) is 6.35. The maximum Gasteiger partial charge on any atom is 0.347 e. The Morgan fingerprint density at radius 2 is 2.12 bits per heavy atom. The second-order valence-corrected chi connectivity index (χ2v) is 4.45. The standard InChI is InChI=1S/C14H19O3/c1-3-16-14(15)12-9-11-7-5-4-6-8-13(11)17-10(12)2/h9H,3-8H2,1-2H3/q+1. The molecule has 0 aliphatic heterocycles. The lowest BCUT2D eigenvalue weighted by atomic mass is 10.1. The lowest BCUT2D eigenvalue weighted by molar-refractivity contribution is 0.0521. The fourth-order valence-corrected chi connectivity index (χ4v) is 2.27. The Morgan fingerprint density at radius 3 is 2.88 bits per heavy atom. The van der Waals surface area contributed by atoms with Crippen molar-refractivity contribution >= 4 is 5.97 Å². The molecule has 0 amide bonds. The van der Waals surface area contributed by atoms with Gasteiger partial charge in [0.05, 0.1) is 25.5 Å². The predicted octanol–water partition coefficient (Wildman–Crippen LogP) is 3.31. The van der Waals surface area contributed by atoms with Gasteiger partial charge in [-0.1, -0.05) is 6.42 Å². The molecule has 0 saturated heterocycles. The molecule has 3 heteroatoms. The van der Waals surface area contributed by atoms with Gasteiger partial charge in [0.1, 0.15) is 0 Å². The number of carbonyl (C=O) groups excluding carboxylic acids is 1. The molecule has 1 aromatic heterocycles. The lowest BCUT2D eigenvalue weighted by Gasteiger charge is -2.02. The van der Waals surface area contributed by atoms with Crippen LogP contribution in [0.3, 0.4) is 0 Å². The summed E-state index contributed by atoms with van der Waals surface area (Å²) in [7, 11) is 0. The van der Waals surface area contributed by atoms with Crippen molar-refractivity contribution in [1.29, 1.82) is 0 Å².